The highest BCUT2D eigenvalue weighted by molar-refractivity contribution is 5.68. The quantitative estimate of drug-likeness (QED) is 0.641. The van der Waals surface area contributed by atoms with Gasteiger partial charge >= 0.3 is 6.09 Å². The minimum absolute atomic E-state index is 0.126. The van der Waals surface area contributed by atoms with Crippen LogP contribution in [0.3, 0.4) is 0 Å². The highest BCUT2D eigenvalue weighted by Gasteiger charge is 2.22. The SMILES string of the molecule is CC(C)(C)OC(=O)N1CCCCCC1.O=c1[nH]c(-c2ccccc2)cn2nccc12. The Morgan fingerprint density at radius 2 is 1.70 bits per heavy atom. The van der Waals surface area contributed by atoms with E-state index in [0.717, 1.165) is 37.2 Å². The Bertz CT molecular complexity index is 1010. The van der Waals surface area contributed by atoms with Gasteiger partial charge in [0.2, 0.25) is 0 Å². The van der Waals surface area contributed by atoms with Gasteiger partial charge in [-0.3, -0.25) is 4.79 Å². The number of ether oxygens (including phenoxy) is 1. The fraction of sp³-hybridized carbons (Fsp3) is 0.435. The van der Waals surface area contributed by atoms with Crippen molar-refractivity contribution in [1.82, 2.24) is 19.5 Å². The molecule has 2 aromatic heterocycles. The lowest BCUT2D eigenvalue weighted by atomic mass is 10.2. The van der Waals surface area contributed by atoms with E-state index in [1.165, 1.54) is 12.8 Å². The van der Waals surface area contributed by atoms with Crippen LogP contribution in [0.4, 0.5) is 4.79 Å². The fourth-order valence-electron chi connectivity index (χ4n) is 3.28. The summed E-state index contributed by atoms with van der Waals surface area (Å²) in [5, 5.41) is 4.06. The Kier molecular flexibility index (Phi) is 6.92. The summed E-state index contributed by atoms with van der Waals surface area (Å²) in [6.07, 6.45) is 7.96. The molecule has 1 N–H and O–H groups in total. The maximum atomic E-state index is 11.7. The lowest BCUT2D eigenvalue weighted by Crippen LogP contribution is -2.37. The van der Waals surface area contributed by atoms with E-state index in [1.54, 1.807) is 16.8 Å². The van der Waals surface area contributed by atoms with E-state index in [-0.39, 0.29) is 17.3 Å². The number of benzene rings is 1. The molecule has 0 spiro atoms. The molecule has 3 aromatic rings. The van der Waals surface area contributed by atoms with Crippen molar-refractivity contribution in [2.24, 2.45) is 0 Å². The maximum absolute atomic E-state index is 11.7. The van der Waals surface area contributed by atoms with Crippen LogP contribution < -0.4 is 5.56 Å². The zero-order valence-corrected chi connectivity index (χ0v) is 17.9. The standard InChI is InChI=1S/C12H9N3O.C11H21NO2/c16-12-11-6-7-13-15(11)8-10(14-12)9-4-2-1-3-5-9;1-11(2,3)14-10(13)12-8-6-4-5-7-9-12/h1-8H,(H,14,16);4-9H2,1-3H3. The van der Waals surface area contributed by atoms with Crippen molar-refractivity contribution in [3.05, 3.63) is 59.1 Å². The molecule has 0 atom stereocenters. The average molecular weight is 411 g/mol. The summed E-state index contributed by atoms with van der Waals surface area (Å²) in [5.41, 5.74) is 1.79. The van der Waals surface area contributed by atoms with E-state index < -0.39 is 0 Å². The minimum atomic E-state index is -0.372. The second-order valence-corrected chi connectivity index (χ2v) is 8.41. The number of likely N-dealkylation sites (tertiary alicyclic amines) is 1. The van der Waals surface area contributed by atoms with Crippen molar-refractivity contribution < 1.29 is 9.53 Å². The Labute approximate surface area is 176 Å². The number of aromatic nitrogens is 3. The van der Waals surface area contributed by atoms with Crippen molar-refractivity contribution >= 4 is 11.6 Å². The van der Waals surface area contributed by atoms with Crippen LogP contribution in [0.25, 0.3) is 16.8 Å². The third kappa shape index (κ3) is 5.95. The summed E-state index contributed by atoms with van der Waals surface area (Å²) in [6, 6.07) is 11.4. The summed E-state index contributed by atoms with van der Waals surface area (Å²) in [7, 11) is 0. The van der Waals surface area contributed by atoms with E-state index in [0.29, 0.717) is 5.52 Å². The molecular weight excluding hydrogens is 380 g/mol. The first-order valence-electron chi connectivity index (χ1n) is 10.4. The fourth-order valence-corrected chi connectivity index (χ4v) is 3.28. The molecule has 1 fully saturated rings. The Hall–Kier alpha value is -3.09. The zero-order valence-electron chi connectivity index (χ0n) is 17.9. The molecule has 1 saturated heterocycles. The third-order valence-electron chi connectivity index (χ3n) is 4.75. The number of rotatable bonds is 1. The van der Waals surface area contributed by atoms with Gasteiger partial charge in [-0.15, -0.1) is 0 Å². The number of carbonyl (C=O) groups is 1. The van der Waals surface area contributed by atoms with Crippen LogP contribution in [0.1, 0.15) is 46.5 Å². The van der Waals surface area contributed by atoms with Crippen LogP contribution >= 0.6 is 0 Å². The van der Waals surface area contributed by atoms with Gasteiger partial charge in [-0.2, -0.15) is 5.10 Å². The molecule has 160 valence electrons. The number of hydrogen-bond acceptors (Lipinski definition) is 4. The van der Waals surface area contributed by atoms with Gasteiger partial charge in [-0.25, -0.2) is 9.31 Å². The molecule has 1 amide bonds. The van der Waals surface area contributed by atoms with Gasteiger partial charge in [0.25, 0.3) is 5.56 Å². The van der Waals surface area contributed by atoms with Gasteiger partial charge in [-0.05, 0) is 45.2 Å². The number of aromatic amines is 1. The minimum Gasteiger partial charge on any atom is -0.444 e. The second kappa shape index (κ2) is 9.61. The van der Waals surface area contributed by atoms with Crippen molar-refractivity contribution in [3.63, 3.8) is 0 Å². The molecule has 7 heteroatoms. The molecule has 0 aliphatic carbocycles. The van der Waals surface area contributed by atoms with Crippen LogP contribution in [-0.2, 0) is 4.74 Å². The highest BCUT2D eigenvalue weighted by atomic mass is 16.6. The maximum Gasteiger partial charge on any atom is 0.410 e. The second-order valence-electron chi connectivity index (χ2n) is 8.41. The van der Waals surface area contributed by atoms with Gasteiger partial charge < -0.3 is 14.6 Å². The number of nitrogens with zero attached hydrogens (tertiary/aromatic N) is 3. The first kappa shape index (κ1) is 21.6. The van der Waals surface area contributed by atoms with Gasteiger partial charge in [0.15, 0.2) is 0 Å². The van der Waals surface area contributed by atoms with Gasteiger partial charge in [0.05, 0.1) is 18.1 Å². The molecule has 7 nitrogen and oxygen atoms in total. The molecule has 0 bridgehead atoms. The summed E-state index contributed by atoms with van der Waals surface area (Å²) in [6.45, 7) is 7.43. The van der Waals surface area contributed by atoms with E-state index >= 15 is 0 Å². The molecule has 1 aliphatic heterocycles. The van der Waals surface area contributed by atoms with Crippen molar-refractivity contribution in [2.75, 3.05) is 13.1 Å². The average Bonchev–Trinajstić information content (AvgIpc) is 3.01. The predicted molar refractivity (Wildman–Crippen MR) is 118 cm³/mol. The molecule has 1 aliphatic rings. The molecule has 3 heterocycles. The molecule has 0 unspecified atom stereocenters. The van der Waals surface area contributed by atoms with Crippen molar-refractivity contribution in [1.29, 1.82) is 0 Å². The molecule has 4 rings (SSSR count). The van der Waals surface area contributed by atoms with Crippen LogP contribution in [0.2, 0.25) is 0 Å². The molecule has 30 heavy (non-hydrogen) atoms. The Morgan fingerprint density at radius 3 is 2.33 bits per heavy atom. The molecular formula is C23H30N4O3. The van der Waals surface area contributed by atoms with Crippen molar-refractivity contribution in [2.45, 2.75) is 52.1 Å². The van der Waals surface area contributed by atoms with Crippen LogP contribution in [0.15, 0.2) is 53.6 Å². The van der Waals surface area contributed by atoms with Crippen molar-refractivity contribution in [3.8, 4) is 11.3 Å². The predicted octanol–water partition coefficient (Wildman–Crippen LogP) is 4.49. The number of carbonyl (C=O) groups excluding carboxylic acids is 1. The molecule has 1 aromatic carbocycles. The number of fused-ring (bicyclic) bond motifs is 1. The zero-order chi connectivity index (χ0) is 21.6. The summed E-state index contributed by atoms with van der Waals surface area (Å²) in [5.74, 6) is 0. The van der Waals surface area contributed by atoms with Crippen LogP contribution in [-0.4, -0.2) is 44.3 Å². The molecule has 0 radical (unpaired) electrons. The lowest BCUT2D eigenvalue weighted by Gasteiger charge is -2.26. The number of hydrogen-bond donors (Lipinski definition) is 1. The Morgan fingerprint density at radius 1 is 1.03 bits per heavy atom. The van der Waals surface area contributed by atoms with Crippen LogP contribution in [0, 0.1) is 0 Å². The Balaban J connectivity index is 0.000000173. The van der Waals surface area contributed by atoms with Gasteiger partial charge in [-0.1, -0.05) is 43.2 Å². The monoisotopic (exact) mass is 410 g/mol. The van der Waals surface area contributed by atoms with Gasteiger partial charge in [0, 0.05) is 13.1 Å². The first-order valence-corrected chi connectivity index (χ1v) is 10.4. The van der Waals surface area contributed by atoms with E-state index in [2.05, 4.69) is 10.1 Å². The van der Waals surface area contributed by atoms with E-state index in [1.807, 2.05) is 62.2 Å². The highest BCUT2D eigenvalue weighted by Crippen LogP contribution is 2.15. The van der Waals surface area contributed by atoms with E-state index in [4.69, 9.17) is 4.74 Å². The summed E-state index contributed by atoms with van der Waals surface area (Å²) in [4.78, 5) is 28.1. The summed E-state index contributed by atoms with van der Waals surface area (Å²) < 4.78 is 6.90. The lowest BCUT2D eigenvalue weighted by molar-refractivity contribution is 0.0257. The molecule has 0 saturated carbocycles. The smallest absolute Gasteiger partial charge is 0.410 e. The number of H-pyrrole nitrogens is 1. The number of nitrogens with one attached hydrogen (secondary N) is 1. The summed E-state index contributed by atoms with van der Waals surface area (Å²) >= 11 is 0. The normalized spacial score (nSPS) is 14.6. The number of amides is 1. The van der Waals surface area contributed by atoms with E-state index in [9.17, 15) is 9.59 Å². The topological polar surface area (TPSA) is 79.7 Å². The first-order chi connectivity index (χ1) is 14.3. The largest absolute Gasteiger partial charge is 0.444 e. The van der Waals surface area contributed by atoms with Crippen LogP contribution in [0.5, 0.6) is 0 Å². The third-order valence-corrected chi connectivity index (χ3v) is 4.75. The van der Waals surface area contributed by atoms with Gasteiger partial charge in [0.1, 0.15) is 11.1 Å².